The van der Waals surface area contributed by atoms with E-state index in [1.54, 1.807) is 6.07 Å². The molecule has 0 aliphatic heterocycles. The van der Waals surface area contributed by atoms with E-state index in [1.165, 1.54) is 0 Å². The maximum absolute atomic E-state index is 12.6. The summed E-state index contributed by atoms with van der Waals surface area (Å²) in [5.74, 6) is -0.426. The number of carbonyl (C=O) groups is 1. The third-order valence-corrected chi connectivity index (χ3v) is 5.18. The molecule has 13 heteroatoms. The smallest absolute Gasteiger partial charge is 0.533 e. The van der Waals surface area contributed by atoms with Crippen LogP contribution in [0.4, 0.5) is 0 Å². The molecule has 0 saturated heterocycles. The van der Waals surface area contributed by atoms with Crippen LogP contribution in [0.15, 0.2) is 42.5 Å². The third kappa shape index (κ3) is 16.1. The predicted octanol–water partition coefficient (Wildman–Crippen LogP) is -1.03. The Morgan fingerprint density at radius 1 is 0.667 bits per heavy atom. The molecule has 0 aliphatic rings. The van der Waals surface area contributed by atoms with Gasteiger partial charge in [-0.1, -0.05) is 36.4 Å². The molecule has 0 aliphatic carbocycles. The Morgan fingerprint density at radius 3 is 1.72 bits per heavy atom. The topological polar surface area (TPSA) is 133 Å². The van der Waals surface area contributed by atoms with Gasteiger partial charge >= 0.3 is 35.5 Å². The van der Waals surface area contributed by atoms with E-state index in [0.717, 1.165) is 10.8 Å². The third-order valence-electron chi connectivity index (χ3n) is 5.18. The summed E-state index contributed by atoms with van der Waals surface area (Å²) < 4.78 is 33.3. The second-order valence-electron chi connectivity index (χ2n) is 8.16. The molecule has 39 heavy (non-hydrogen) atoms. The maximum Gasteiger partial charge on any atom is 1.00 e. The van der Waals surface area contributed by atoms with Gasteiger partial charge in [0.15, 0.2) is 0 Å². The number of rotatable bonds is 21. The average molecular weight is 599 g/mol. The number of benzene rings is 2. The molecule has 0 aromatic heterocycles. The summed E-state index contributed by atoms with van der Waals surface area (Å²) in [5, 5.41) is 28.8. The zero-order chi connectivity index (χ0) is 27.9. The standard InChI is InChI=1S/C26H38O10.Na.H3P2/c27-8-11-31-14-15-34-20-26(18-32-12-9-28,19-33-13-10-29)21-35-16-17-36-25(30)24-7-3-5-22-4-1-2-6-23(22)24;;1-2/h1-7,27-29H,8-21H2;;1H,2H2/q;+1;-1. The number of fused-ring (bicyclic) bond motifs is 1. The second kappa shape index (κ2) is 25.4. The minimum Gasteiger partial charge on any atom is -0.533 e. The SMILES string of the molecule is O=C(OCCOCC(COCCO)(COCCO)COCCOCCO)c1cccc2ccccc12.[Na+].[PH-]P. The summed E-state index contributed by atoms with van der Waals surface area (Å²) >= 11 is 0. The summed E-state index contributed by atoms with van der Waals surface area (Å²) in [6.07, 6.45) is 0. The van der Waals surface area contributed by atoms with Crippen molar-refractivity contribution in [1.82, 2.24) is 0 Å². The molecule has 2 aromatic carbocycles. The number of aliphatic hydroxyl groups is 3. The molecule has 0 spiro atoms. The molecule has 10 nitrogen and oxygen atoms in total. The van der Waals surface area contributed by atoms with Gasteiger partial charge in [-0.25, -0.2) is 4.79 Å². The van der Waals surface area contributed by atoms with Crippen molar-refractivity contribution >= 4 is 34.6 Å². The molecule has 0 saturated carbocycles. The van der Waals surface area contributed by atoms with Crippen LogP contribution in [0.25, 0.3) is 10.8 Å². The first kappa shape index (κ1) is 38.7. The van der Waals surface area contributed by atoms with Crippen LogP contribution in [-0.4, -0.2) is 114 Å². The molecule has 0 fully saturated rings. The van der Waals surface area contributed by atoms with Gasteiger partial charge in [-0.05, 0) is 16.8 Å². The molecule has 3 N–H and O–H groups in total. The van der Waals surface area contributed by atoms with Crippen LogP contribution in [0.3, 0.4) is 0 Å². The van der Waals surface area contributed by atoms with E-state index in [-0.39, 0.29) is 109 Å². The van der Waals surface area contributed by atoms with Gasteiger partial charge < -0.3 is 61.6 Å². The Balaban J connectivity index is 0.00000470. The van der Waals surface area contributed by atoms with Crippen molar-refractivity contribution in [3.05, 3.63) is 48.0 Å². The molecule has 216 valence electrons. The van der Waals surface area contributed by atoms with Gasteiger partial charge in [0.05, 0.1) is 96.9 Å². The normalized spacial score (nSPS) is 11.0. The number of ether oxygens (including phenoxy) is 6. The van der Waals surface area contributed by atoms with Crippen molar-refractivity contribution < 1.29 is 78.1 Å². The molecule has 2 aromatic rings. The van der Waals surface area contributed by atoms with Crippen LogP contribution in [0.2, 0.25) is 0 Å². The maximum atomic E-state index is 12.6. The Kier molecular flexibility index (Phi) is 25.2. The largest absolute Gasteiger partial charge is 1.00 e. The molecule has 0 heterocycles. The number of aliphatic hydroxyl groups excluding tert-OH is 3. The van der Waals surface area contributed by atoms with Crippen LogP contribution in [0.1, 0.15) is 10.4 Å². The van der Waals surface area contributed by atoms with E-state index in [1.807, 2.05) is 36.4 Å². The monoisotopic (exact) mass is 598 g/mol. The minimum absolute atomic E-state index is 0. The molecule has 1 unspecified atom stereocenters. The van der Waals surface area contributed by atoms with Crippen LogP contribution >= 0.6 is 17.9 Å². The first-order valence-electron chi connectivity index (χ1n) is 12.3. The Labute approximate surface area is 257 Å². The molecule has 0 radical (unpaired) electrons. The number of hydrogen-bond acceptors (Lipinski definition) is 10. The van der Waals surface area contributed by atoms with Gasteiger partial charge in [0.1, 0.15) is 6.61 Å². The Bertz CT molecular complexity index is 862. The fourth-order valence-electron chi connectivity index (χ4n) is 3.49. The van der Waals surface area contributed by atoms with Crippen molar-refractivity contribution in [3.8, 4) is 0 Å². The van der Waals surface area contributed by atoms with Gasteiger partial charge in [0.2, 0.25) is 0 Å². The second-order valence-corrected chi connectivity index (χ2v) is 8.16. The van der Waals surface area contributed by atoms with Gasteiger partial charge in [-0.15, -0.1) is 0 Å². The van der Waals surface area contributed by atoms with E-state index < -0.39 is 11.4 Å². The van der Waals surface area contributed by atoms with Crippen molar-refractivity contribution in [2.24, 2.45) is 5.41 Å². The molecule has 1 atom stereocenters. The number of hydrogen-bond donors (Lipinski definition) is 3. The average Bonchev–Trinajstić information content (AvgIpc) is 2.95. The van der Waals surface area contributed by atoms with Gasteiger partial charge in [0.25, 0.3) is 0 Å². The molecule has 2 rings (SSSR count). The van der Waals surface area contributed by atoms with Crippen molar-refractivity contribution in [3.63, 3.8) is 0 Å². The van der Waals surface area contributed by atoms with E-state index >= 15 is 0 Å². The molecular weight excluding hydrogens is 557 g/mol. The van der Waals surface area contributed by atoms with Gasteiger partial charge in [-0.3, -0.25) is 0 Å². The Hall–Kier alpha value is -0.290. The van der Waals surface area contributed by atoms with E-state index in [4.69, 9.17) is 43.7 Å². The van der Waals surface area contributed by atoms with Crippen LogP contribution in [-0.2, 0) is 28.4 Å². The molecule has 0 amide bonds. The zero-order valence-corrected chi connectivity index (χ0v) is 26.9. The first-order chi connectivity index (χ1) is 18.7. The van der Waals surface area contributed by atoms with Crippen molar-refractivity contribution in [2.45, 2.75) is 0 Å². The number of carbonyl (C=O) groups excluding carboxylic acids is 1. The fourth-order valence-corrected chi connectivity index (χ4v) is 3.49. The van der Waals surface area contributed by atoms with Crippen LogP contribution < -0.4 is 29.6 Å². The van der Waals surface area contributed by atoms with Gasteiger partial charge in [0, 0.05) is 0 Å². The van der Waals surface area contributed by atoms with Crippen LogP contribution in [0.5, 0.6) is 0 Å². The van der Waals surface area contributed by atoms with Crippen molar-refractivity contribution in [1.29, 1.82) is 0 Å². The van der Waals surface area contributed by atoms with E-state index in [9.17, 15) is 4.79 Å². The summed E-state index contributed by atoms with van der Waals surface area (Å²) in [6, 6.07) is 13.1. The fraction of sp³-hybridized carbons (Fsp3) is 0.577. The minimum atomic E-state index is -0.721. The molecular formula is C26H41NaO10P2. The first-order valence-corrected chi connectivity index (χ1v) is 14.6. The molecule has 0 bridgehead atoms. The summed E-state index contributed by atoms with van der Waals surface area (Å²) in [5.41, 5.74) is -0.227. The number of esters is 1. The quantitative estimate of drug-likeness (QED) is 0.0709. The van der Waals surface area contributed by atoms with E-state index in [2.05, 4.69) is 17.9 Å². The van der Waals surface area contributed by atoms with Gasteiger partial charge in [-0.2, -0.15) is 0 Å². The zero-order valence-electron chi connectivity index (χ0n) is 22.7. The van der Waals surface area contributed by atoms with E-state index in [0.29, 0.717) is 18.8 Å². The summed E-state index contributed by atoms with van der Waals surface area (Å²) in [4.78, 5) is 12.6. The summed E-state index contributed by atoms with van der Waals surface area (Å²) in [7, 11) is 5.11. The van der Waals surface area contributed by atoms with Crippen molar-refractivity contribution in [2.75, 3.05) is 92.5 Å². The van der Waals surface area contributed by atoms with Crippen LogP contribution in [0, 0.1) is 5.41 Å². The predicted molar refractivity (Wildman–Crippen MR) is 150 cm³/mol. The summed E-state index contributed by atoms with van der Waals surface area (Å²) in [6.45, 7) is 1.77. The Morgan fingerprint density at radius 2 is 1.13 bits per heavy atom.